The normalized spacial score (nSPS) is 13.0. The summed E-state index contributed by atoms with van der Waals surface area (Å²) < 4.78 is 2.60. The van der Waals surface area contributed by atoms with E-state index in [2.05, 4.69) is 200 Å². The zero-order valence-electron chi connectivity index (χ0n) is 35.5. The molecular formula is C61H36N4S. The first-order chi connectivity index (χ1) is 32.7. The number of para-hydroxylation sites is 1. The quantitative estimate of drug-likeness (QED) is 0.173. The van der Waals surface area contributed by atoms with Gasteiger partial charge in [0.2, 0.25) is 0 Å². The van der Waals surface area contributed by atoms with Gasteiger partial charge in [-0.2, -0.15) is 0 Å². The fraction of sp³-hybridized carbons (Fsp3) is 0.0164. The van der Waals surface area contributed by atoms with Crippen LogP contribution in [0.1, 0.15) is 22.3 Å². The van der Waals surface area contributed by atoms with Gasteiger partial charge in [0.05, 0.1) is 16.6 Å². The summed E-state index contributed by atoms with van der Waals surface area (Å²) in [4.78, 5) is 20.9. The highest BCUT2D eigenvalue weighted by Crippen LogP contribution is 2.65. The van der Waals surface area contributed by atoms with Crippen LogP contribution in [0.25, 0.3) is 110 Å². The van der Waals surface area contributed by atoms with Crippen molar-refractivity contribution in [2.45, 2.75) is 5.41 Å². The largest absolute Gasteiger partial charge is 0.247 e. The number of aromatic nitrogens is 4. The van der Waals surface area contributed by atoms with Gasteiger partial charge in [0.15, 0.2) is 17.5 Å². The summed E-state index contributed by atoms with van der Waals surface area (Å²) in [5.41, 5.74) is 17.9. The summed E-state index contributed by atoms with van der Waals surface area (Å²) in [6, 6.07) is 78.3. The Bertz CT molecular complexity index is 3880. The van der Waals surface area contributed by atoms with Crippen molar-refractivity contribution in [3.05, 3.63) is 241 Å². The summed E-state index contributed by atoms with van der Waals surface area (Å²) in [6.45, 7) is 0. The fourth-order valence-corrected chi connectivity index (χ4v) is 12.2. The average Bonchev–Trinajstić information content (AvgIpc) is 4.03. The number of rotatable bonds is 5. The third-order valence-corrected chi connectivity index (χ3v) is 15.0. The highest BCUT2D eigenvalue weighted by Gasteiger charge is 2.53. The Morgan fingerprint density at radius 2 is 0.788 bits per heavy atom. The van der Waals surface area contributed by atoms with E-state index < -0.39 is 5.41 Å². The number of hydrogen-bond donors (Lipinski definition) is 0. The molecule has 306 valence electrons. The second-order valence-electron chi connectivity index (χ2n) is 17.2. The molecule has 9 aromatic carbocycles. The lowest BCUT2D eigenvalue weighted by Gasteiger charge is -2.31. The number of benzene rings is 9. The third kappa shape index (κ3) is 5.32. The van der Waals surface area contributed by atoms with E-state index in [1.807, 2.05) is 29.5 Å². The lowest BCUT2D eigenvalue weighted by molar-refractivity contribution is 0.801. The number of nitrogens with zero attached hydrogens (tertiary/aromatic N) is 4. The Morgan fingerprint density at radius 1 is 0.318 bits per heavy atom. The van der Waals surface area contributed by atoms with Crippen LogP contribution in [-0.2, 0) is 5.41 Å². The Kier molecular flexibility index (Phi) is 8.03. The van der Waals surface area contributed by atoms with E-state index >= 15 is 0 Å². The smallest absolute Gasteiger partial charge is 0.164 e. The van der Waals surface area contributed by atoms with Crippen molar-refractivity contribution in [1.82, 2.24) is 19.9 Å². The summed E-state index contributed by atoms with van der Waals surface area (Å²) in [7, 11) is 0. The second-order valence-corrected chi connectivity index (χ2v) is 18.3. The van der Waals surface area contributed by atoms with Crippen molar-refractivity contribution in [3.8, 4) is 78.8 Å². The van der Waals surface area contributed by atoms with E-state index in [1.165, 1.54) is 75.6 Å². The predicted octanol–water partition coefficient (Wildman–Crippen LogP) is 15.5. The monoisotopic (exact) mass is 856 g/mol. The van der Waals surface area contributed by atoms with Crippen LogP contribution in [0.3, 0.4) is 0 Å². The van der Waals surface area contributed by atoms with Crippen LogP contribution in [0.15, 0.2) is 218 Å². The molecule has 12 aromatic rings. The molecule has 0 N–H and O–H groups in total. The highest BCUT2D eigenvalue weighted by molar-refractivity contribution is 7.26. The van der Waals surface area contributed by atoms with Gasteiger partial charge in [-0.25, -0.2) is 19.9 Å². The molecule has 2 aliphatic carbocycles. The zero-order chi connectivity index (χ0) is 43.3. The first-order valence-corrected chi connectivity index (χ1v) is 23.2. The minimum atomic E-state index is -0.490. The summed E-state index contributed by atoms with van der Waals surface area (Å²) in [6.07, 6.45) is 0. The second kappa shape index (κ2) is 14.3. The number of fused-ring (bicyclic) bond motifs is 15. The molecule has 0 saturated heterocycles. The van der Waals surface area contributed by atoms with Crippen LogP contribution >= 0.6 is 11.3 Å². The summed E-state index contributed by atoms with van der Waals surface area (Å²) in [5.74, 6) is 1.87. The molecule has 1 spiro atoms. The van der Waals surface area contributed by atoms with Gasteiger partial charge in [-0.1, -0.05) is 206 Å². The molecule has 3 heterocycles. The van der Waals surface area contributed by atoms with Crippen LogP contribution < -0.4 is 0 Å². The maximum atomic E-state index is 5.51. The van der Waals surface area contributed by atoms with Crippen molar-refractivity contribution in [2.24, 2.45) is 0 Å². The predicted molar refractivity (Wildman–Crippen MR) is 271 cm³/mol. The van der Waals surface area contributed by atoms with Crippen LogP contribution in [-0.4, -0.2) is 19.9 Å². The van der Waals surface area contributed by atoms with Crippen molar-refractivity contribution >= 4 is 42.4 Å². The van der Waals surface area contributed by atoms with Gasteiger partial charge in [-0.15, -0.1) is 11.3 Å². The molecule has 14 rings (SSSR count). The summed E-state index contributed by atoms with van der Waals surface area (Å²) >= 11 is 1.85. The molecule has 0 saturated carbocycles. The fourth-order valence-electron chi connectivity index (χ4n) is 10.9. The van der Waals surface area contributed by atoms with Gasteiger partial charge in [-0.05, 0) is 62.2 Å². The van der Waals surface area contributed by atoms with E-state index in [0.717, 1.165) is 39.0 Å². The number of thiophene rings is 1. The molecule has 0 atom stereocenters. The van der Waals surface area contributed by atoms with Crippen molar-refractivity contribution in [1.29, 1.82) is 0 Å². The molecule has 0 unspecified atom stereocenters. The van der Waals surface area contributed by atoms with Crippen LogP contribution in [0.4, 0.5) is 0 Å². The van der Waals surface area contributed by atoms with Crippen molar-refractivity contribution in [2.75, 3.05) is 0 Å². The Labute approximate surface area is 385 Å². The molecule has 0 bridgehead atoms. The molecule has 0 amide bonds. The third-order valence-electron chi connectivity index (χ3n) is 13.8. The van der Waals surface area contributed by atoms with Crippen LogP contribution in [0.2, 0.25) is 0 Å². The van der Waals surface area contributed by atoms with Crippen molar-refractivity contribution < 1.29 is 0 Å². The topological polar surface area (TPSA) is 51.6 Å². The maximum absolute atomic E-state index is 5.51. The van der Waals surface area contributed by atoms with E-state index in [1.54, 1.807) is 0 Å². The van der Waals surface area contributed by atoms with E-state index in [9.17, 15) is 0 Å². The maximum Gasteiger partial charge on any atom is 0.164 e. The highest BCUT2D eigenvalue weighted by atomic mass is 32.1. The lowest BCUT2D eigenvalue weighted by atomic mass is 9.69. The van der Waals surface area contributed by atoms with Gasteiger partial charge in [0.25, 0.3) is 0 Å². The Balaban J connectivity index is 0.905. The first kappa shape index (κ1) is 37.0. The molecule has 2 aliphatic rings. The van der Waals surface area contributed by atoms with E-state index in [0.29, 0.717) is 17.5 Å². The van der Waals surface area contributed by atoms with Crippen LogP contribution in [0.5, 0.6) is 0 Å². The lowest BCUT2D eigenvalue weighted by Crippen LogP contribution is -2.26. The Hall–Kier alpha value is -8.38. The first-order valence-electron chi connectivity index (χ1n) is 22.4. The minimum absolute atomic E-state index is 0.490. The molecule has 0 radical (unpaired) electrons. The zero-order valence-corrected chi connectivity index (χ0v) is 36.3. The standard InChI is InChI=1S/C61H36N4S/c1-2-15-39(16-3-1)58-63-59(40-33-29-37(30-34-40)42-22-14-23-46-45-19-8-13-28-53(45)66-57(42)46)65-60(64-58)41-35-31-38(32-36-41)56-54-47-20-6-11-26-51(47)61(55(54)48-21-7-12-27-52(48)62-56)49-24-9-4-17-43(49)44-18-5-10-25-50(44)61/h1-36H. The molecular weight excluding hydrogens is 821 g/mol. The van der Waals surface area contributed by atoms with Gasteiger partial charge in [-0.3, -0.25) is 0 Å². The molecule has 0 fully saturated rings. The SMILES string of the molecule is c1ccc(-c2nc(-c3ccc(-c4nc5ccccc5c5c4-c4ccccc4C54c5ccccc5-c5ccccc54)cc3)nc(-c3ccc(-c4cccc5c4sc4ccccc45)cc3)n2)cc1. The Morgan fingerprint density at radius 3 is 1.45 bits per heavy atom. The van der Waals surface area contributed by atoms with Crippen molar-refractivity contribution in [3.63, 3.8) is 0 Å². The van der Waals surface area contributed by atoms with Gasteiger partial charge >= 0.3 is 0 Å². The van der Waals surface area contributed by atoms with Crippen LogP contribution in [0, 0.1) is 0 Å². The number of hydrogen-bond acceptors (Lipinski definition) is 5. The van der Waals surface area contributed by atoms with Gasteiger partial charge < -0.3 is 0 Å². The molecule has 5 heteroatoms. The van der Waals surface area contributed by atoms with E-state index in [4.69, 9.17) is 19.9 Å². The molecule has 3 aromatic heterocycles. The average molecular weight is 857 g/mol. The molecule has 0 aliphatic heterocycles. The van der Waals surface area contributed by atoms with E-state index in [-0.39, 0.29) is 0 Å². The summed E-state index contributed by atoms with van der Waals surface area (Å²) in [5, 5.41) is 3.76. The molecule has 66 heavy (non-hydrogen) atoms. The minimum Gasteiger partial charge on any atom is -0.247 e. The van der Waals surface area contributed by atoms with Gasteiger partial charge in [0, 0.05) is 53.4 Å². The number of pyridine rings is 1. The van der Waals surface area contributed by atoms with Gasteiger partial charge in [0.1, 0.15) is 0 Å². The molecule has 4 nitrogen and oxygen atoms in total.